The van der Waals surface area contributed by atoms with Crippen molar-refractivity contribution in [2.24, 2.45) is 0 Å². The highest BCUT2D eigenvalue weighted by molar-refractivity contribution is 7.14. The van der Waals surface area contributed by atoms with Gasteiger partial charge in [-0.15, -0.1) is 11.3 Å². The monoisotopic (exact) mass is 324 g/mol. The van der Waals surface area contributed by atoms with E-state index in [2.05, 4.69) is 10.6 Å². The number of hydrogen-bond acceptors (Lipinski definition) is 4. The van der Waals surface area contributed by atoms with Crippen molar-refractivity contribution in [1.82, 2.24) is 15.5 Å². The lowest BCUT2D eigenvalue weighted by molar-refractivity contribution is -0.135. The Hall–Kier alpha value is -2.09. The molecule has 0 radical (unpaired) electrons. The molecule has 2 rings (SSSR count). The summed E-state index contributed by atoms with van der Waals surface area (Å²) in [6.07, 6.45) is 0.665. The first kappa shape index (κ1) is 16.3. The van der Waals surface area contributed by atoms with Gasteiger partial charge in [0.15, 0.2) is 6.29 Å². The molecule has 5 amide bonds. The molecule has 1 aliphatic rings. The van der Waals surface area contributed by atoms with Crippen LogP contribution >= 0.6 is 11.3 Å². The maximum Gasteiger partial charge on any atom is 0.333 e. The number of nitrogens with one attached hydrogen (secondary N) is 2. The van der Waals surface area contributed by atoms with E-state index in [-0.39, 0.29) is 11.9 Å². The van der Waals surface area contributed by atoms with Gasteiger partial charge in [0.25, 0.3) is 0 Å². The van der Waals surface area contributed by atoms with Gasteiger partial charge in [-0.3, -0.25) is 15.4 Å². The number of imide groups is 1. The van der Waals surface area contributed by atoms with Gasteiger partial charge in [0.1, 0.15) is 5.00 Å². The molecule has 120 valence electrons. The van der Waals surface area contributed by atoms with Crippen LogP contribution in [-0.2, 0) is 4.79 Å². The Labute approximate surface area is 133 Å². The van der Waals surface area contributed by atoms with E-state index in [9.17, 15) is 14.4 Å². The first-order valence-electron chi connectivity index (χ1n) is 7.23. The van der Waals surface area contributed by atoms with Crippen LogP contribution < -0.4 is 15.5 Å². The second kappa shape index (κ2) is 6.78. The molecule has 0 atom stereocenters. The lowest BCUT2D eigenvalue weighted by Crippen LogP contribution is -2.70. The van der Waals surface area contributed by atoms with Crippen LogP contribution in [0, 0.1) is 0 Å². The molecule has 1 aromatic heterocycles. The lowest BCUT2D eigenvalue weighted by atomic mass is 10.1. The lowest BCUT2D eigenvalue weighted by Gasteiger charge is -2.41. The van der Waals surface area contributed by atoms with E-state index in [0.717, 1.165) is 17.7 Å². The highest BCUT2D eigenvalue weighted by atomic mass is 32.1. The van der Waals surface area contributed by atoms with Gasteiger partial charge in [0.2, 0.25) is 5.91 Å². The smallest absolute Gasteiger partial charge is 0.302 e. The quantitative estimate of drug-likeness (QED) is 0.872. The molecule has 0 saturated carbocycles. The summed E-state index contributed by atoms with van der Waals surface area (Å²) in [5.74, 6) is -0.191. The SMILES string of the molecule is CCC(CC)N(C(C)=O)C1NC(=O)N(c2cccs2)C(=O)N1. The fourth-order valence-electron chi connectivity index (χ4n) is 2.56. The predicted octanol–water partition coefficient (Wildman–Crippen LogP) is 2.31. The van der Waals surface area contributed by atoms with Crippen LogP contribution in [0.15, 0.2) is 17.5 Å². The number of thiophene rings is 1. The summed E-state index contributed by atoms with van der Waals surface area (Å²) in [6.45, 7) is 5.37. The zero-order valence-corrected chi connectivity index (χ0v) is 13.6. The minimum atomic E-state index is -0.821. The first-order valence-corrected chi connectivity index (χ1v) is 8.11. The topological polar surface area (TPSA) is 81.8 Å². The summed E-state index contributed by atoms with van der Waals surface area (Å²) in [4.78, 5) is 39.0. The van der Waals surface area contributed by atoms with E-state index >= 15 is 0 Å². The summed E-state index contributed by atoms with van der Waals surface area (Å²) in [6, 6.07) is 2.34. The Morgan fingerprint density at radius 3 is 2.32 bits per heavy atom. The standard InChI is InChI=1S/C14H20N4O3S/c1-4-10(5-2)17(9(3)19)12-15-13(20)18(14(21)16-12)11-7-6-8-22-11/h6-8,10,12H,4-5H2,1-3H3,(H,15,20)(H,16,21). The molecule has 7 nitrogen and oxygen atoms in total. The highest BCUT2D eigenvalue weighted by Gasteiger charge is 2.38. The van der Waals surface area contributed by atoms with E-state index in [1.165, 1.54) is 23.2 Å². The van der Waals surface area contributed by atoms with Crippen molar-refractivity contribution < 1.29 is 14.4 Å². The zero-order chi connectivity index (χ0) is 16.3. The van der Waals surface area contributed by atoms with Gasteiger partial charge in [-0.05, 0) is 30.4 Å². The molecule has 0 bridgehead atoms. The van der Waals surface area contributed by atoms with Crippen molar-refractivity contribution in [1.29, 1.82) is 0 Å². The van der Waals surface area contributed by atoms with Crippen molar-refractivity contribution in [3.8, 4) is 0 Å². The summed E-state index contributed by atoms with van der Waals surface area (Å²) < 4.78 is 0. The number of rotatable bonds is 5. The van der Waals surface area contributed by atoms with Gasteiger partial charge < -0.3 is 4.90 Å². The van der Waals surface area contributed by atoms with E-state index in [0.29, 0.717) is 5.00 Å². The fourth-order valence-corrected chi connectivity index (χ4v) is 3.28. The van der Waals surface area contributed by atoms with Gasteiger partial charge in [-0.1, -0.05) is 13.8 Å². The Balaban J connectivity index is 2.20. The molecule has 1 fully saturated rings. The highest BCUT2D eigenvalue weighted by Crippen LogP contribution is 2.23. The van der Waals surface area contributed by atoms with Gasteiger partial charge in [-0.2, -0.15) is 0 Å². The number of nitrogens with zero attached hydrogens (tertiary/aromatic N) is 2. The van der Waals surface area contributed by atoms with Crippen LogP contribution in [0.1, 0.15) is 33.6 Å². The normalized spacial score (nSPS) is 15.7. The van der Waals surface area contributed by atoms with Crippen molar-refractivity contribution >= 4 is 34.3 Å². The minimum Gasteiger partial charge on any atom is -0.302 e. The van der Waals surface area contributed by atoms with Crippen molar-refractivity contribution in [3.63, 3.8) is 0 Å². The van der Waals surface area contributed by atoms with E-state index < -0.39 is 18.4 Å². The molecular weight excluding hydrogens is 304 g/mol. The molecule has 1 saturated heterocycles. The molecule has 0 unspecified atom stereocenters. The van der Waals surface area contributed by atoms with E-state index in [4.69, 9.17) is 0 Å². The van der Waals surface area contributed by atoms with Crippen LogP contribution in [0.4, 0.5) is 14.6 Å². The molecule has 1 aromatic rings. The number of anilines is 1. The number of hydrogen-bond donors (Lipinski definition) is 2. The van der Waals surface area contributed by atoms with Crippen LogP contribution in [0.2, 0.25) is 0 Å². The molecule has 1 aliphatic heterocycles. The molecule has 2 N–H and O–H groups in total. The van der Waals surface area contributed by atoms with E-state index in [1.54, 1.807) is 17.5 Å². The molecule has 2 heterocycles. The van der Waals surface area contributed by atoms with Crippen LogP contribution in [0.5, 0.6) is 0 Å². The molecule has 0 spiro atoms. The fraction of sp³-hybridized carbons (Fsp3) is 0.500. The molecule has 0 aromatic carbocycles. The second-order valence-corrected chi connectivity index (χ2v) is 5.91. The third-order valence-electron chi connectivity index (χ3n) is 3.63. The van der Waals surface area contributed by atoms with Gasteiger partial charge in [0, 0.05) is 13.0 Å². The van der Waals surface area contributed by atoms with Gasteiger partial charge in [0.05, 0.1) is 0 Å². The molecule has 22 heavy (non-hydrogen) atoms. The summed E-state index contributed by atoms with van der Waals surface area (Å²) in [5.41, 5.74) is 0. The Kier molecular flexibility index (Phi) is 5.02. The largest absolute Gasteiger partial charge is 0.333 e. The average molecular weight is 324 g/mol. The molecular formula is C14H20N4O3S. The summed E-state index contributed by atoms with van der Waals surface area (Å²) >= 11 is 1.29. The molecule has 8 heteroatoms. The first-order chi connectivity index (χ1) is 10.5. The Morgan fingerprint density at radius 1 is 1.32 bits per heavy atom. The summed E-state index contributed by atoms with van der Waals surface area (Å²) in [7, 11) is 0. The number of carbonyl (C=O) groups is 3. The Morgan fingerprint density at radius 2 is 1.91 bits per heavy atom. The van der Waals surface area contributed by atoms with E-state index in [1.807, 2.05) is 13.8 Å². The predicted molar refractivity (Wildman–Crippen MR) is 84.5 cm³/mol. The maximum absolute atomic E-state index is 12.3. The maximum atomic E-state index is 12.3. The number of urea groups is 2. The second-order valence-electron chi connectivity index (χ2n) is 4.98. The zero-order valence-electron chi connectivity index (χ0n) is 12.8. The minimum absolute atomic E-state index is 0.0450. The third kappa shape index (κ3) is 3.06. The van der Waals surface area contributed by atoms with Gasteiger partial charge in [-0.25, -0.2) is 14.5 Å². The third-order valence-corrected chi connectivity index (χ3v) is 4.48. The van der Waals surface area contributed by atoms with Crippen LogP contribution in [0.25, 0.3) is 0 Å². The molecule has 0 aliphatic carbocycles. The van der Waals surface area contributed by atoms with Crippen molar-refractivity contribution in [2.75, 3.05) is 4.90 Å². The van der Waals surface area contributed by atoms with Crippen molar-refractivity contribution in [2.45, 2.75) is 45.9 Å². The van der Waals surface area contributed by atoms with Crippen LogP contribution in [-0.4, -0.2) is 35.2 Å². The number of carbonyl (C=O) groups excluding carboxylic acids is 3. The van der Waals surface area contributed by atoms with Gasteiger partial charge >= 0.3 is 12.1 Å². The van der Waals surface area contributed by atoms with Crippen molar-refractivity contribution in [3.05, 3.63) is 17.5 Å². The van der Waals surface area contributed by atoms with Crippen LogP contribution in [0.3, 0.4) is 0 Å². The average Bonchev–Trinajstić information content (AvgIpc) is 2.97. The number of amides is 5. The summed E-state index contributed by atoms with van der Waals surface area (Å²) in [5, 5.41) is 7.68. The Bertz CT molecular complexity index is 538.